The van der Waals surface area contributed by atoms with Crippen LogP contribution in [0.5, 0.6) is 0 Å². The van der Waals surface area contributed by atoms with E-state index in [2.05, 4.69) is 6.58 Å². The molecule has 0 aromatic carbocycles. The van der Waals surface area contributed by atoms with E-state index in [0.717, 1.165) is 12.8 Å². The molecule has 0 spiro atoms. The largest absolute Gasteiger partial charge is 0.461 e. The second-order valence-electron chi connectivity index (χ2n) is 3.24. The summed E-state index contributed by atoms with van der Waals surface area (Å²) < 4.78 is 4.85. The monoisotopic (exact) mass is 230 g/mol. The highest BCUT2D eigenvalue weighted by Gasteiger charge is 2.04. The van der Waals surface area contributed by atoms with Crippen molar-refractivity contribution in [2.45, 2.75) is 33.1 Å². The van der Waals surface area contributed by atoms with Gasteiger partial charge in [-0.2, -0.15) is 0 Å². The van der Waals surface area contributed by atoms with Gasteiger partial charge in [0.1, 0.15) is 6.61 Å². The summed E-state index contributed by atoms with van der Waals surface area (Å²) in [5, 5.41) is 0.170. The minimum Gasteiger partial charge on any atom is -0.461 e. The second-order valence-corrected chi connectivity index (χ2v) is 4.39. The van der Waals surface area contributed by atoms with Crippen LogP contribution in [0.15, 0.2) is 12.2 Å². The van der Waals surface area contributed by atoms with E-state index in [4.69, 9.17) is 4.74 Å². The summed E-state index contributed by atoms with van der Waals surface area (Å²) in [7, 11) is 0. The summed E-state index contributed by atoms with van der Waals surface area (Å²) in [6.07, 6.45) is 2.56. The molecule has 0 radical (unpaired) electrons. The van der Waals surface area contributed by atoms with Crippen LogP contribution in [0.3, 0.4) is 0 Å². The minimum absolute atomic E-state index is 0.170. The maximum absolute atomic E-state index is 11.2. The van der Waals surface area contributed by atoms with E-state index in [9.17, 15) is 9.59 Å². The summed E-state index contributed by atoms with van der Waals surface area (Å²) in [6, 6.07) is 0. The first-order valence-corrected chi connectivity index (χ1v) is 6.04. The normalized spacial score (nSPS) is 9.73. The summed E-state index contributed by atoms with van der Waals surface area (Å²) in [5.74, 6) is 0.137. The van der Waals surface area contributed by atoms with E-state index in [1.165, 1.54) is 11.8 Å². The van der Waals surface area contributed by atoms with Gasteiger partial charge < -0.3 is 4.74 Å². The lowest BCUT2D eigenvalue weighted by Gasteiger charge is -2.03. The fourth-order valence-corrected chi connectivity index (χ4v) is 1.49. The van der Waals surface area contributed by atoms with Gasteiger partial charge in [0.2, 0.25) is 0 Å². The molecule has 0 atom stereocenters. The first kappa shape index (κ1) is 14.2. The van der Waals surface area contributed by atoms with E-state index >= 15 is 0 Å². The van der Waals surface area contributed by atoms with E-state index in [-0.39, 0.29) is 11.7 Å². The van der Waals surface area contributed by atoms with Gasteiger partial charge in [-0.15, -0.1) is 0 Å². The third-order valence-corrected chi connectivity index (χ3v) is 2.56. The average molecular weight is 230 g/mol. The topological polar surface area (TPSA) is 43.4 Å². The number of esters is 1. The maximum atomic E-state index is 11.2. The smallest absolute Gasteiger partial charge is 0.333 e. The van der Waals surface area contributed by atoms with Crippen LogP contribution >= 0.6 is 11.8 Å². The maximum Gasteiger partial charge on any atom is 0.333 e. The molecule has 86 valence electrons. The van der Waals surface area contributed by atoms with Gasteiger partial charge in [-0.25, -0.2) is 4.79 Å². The number of ether oxygens (including phenoxy) is 1. The molecule has 0 aliphatic rings. The Labute approximate surface area is 95.3 Å². The van der Waals surface area contributed by atoms with Gasteiger partial charge in [0, 0.05) is 17.7 Å². The zero-order valence-corrected chi connectivity index (χ0v) is 10.2. The van der Waals surface area contributed by atoms with Gasteiger partial charge in [-0.3, -0.25) is 4.79 Å². The van der Waals surface area contributed by atoms with Crippen LogP contribution in [0.25, 0.3) is 0 Å². The highest BCUT2D eigenvalue weighted by atomic mass is 32.2. The van der Waals surface area contributed by atoms with Gasteiger partial charge in [0.05, 0.1) is 0 Å². The average Bonchev–Trinajstić information content (AvgIpc) is 2.20. The fourth-order valence-electron chi connectivity index (χ4n) is 0.806. The first-order chi connectivity index (χ1) is 7.07. The minimum atomic E-state index is -0.392. The van der Waals surface area contributed by atoms with Crippen LogP contribution in [0, 0.1) is 0 Å². The highest BCUT2D eigenvalue weighted by molar-refractivity contribution is 8.13. The molecule has 0 saturated heterocycles. The van der Waals surface area contributed by atoms with E-state index in [0.29, 0.717) is 17.7 Å². The van der Waals surface area contributed by atoms with Crippen molar-refractivity contribution >= 4 is 22.8 Å². The number of hydrogen-bond donors (Lipinski definition) is 0. The Hall–Kier alpha value is -0.770. The molecule has 0 unspecified atom stereocenters. The summed E-state index contributed by atoms with van der Waals surface area (Å²) in [5.41, 5.74) is 0.386. The Morgan fingerprint density at radius 2 is 2.07 bits per heavy atom. The first-order valence-electron chi connectivity index (χ1n) is 5.06. The molecule has 0 aromatic rings. The molecule has 0 fully saturated rings. The third kappa shape index (κ3) is 8.24. The number of rotatable bonds is 7. The number of hydrogen-bond acceptors (Lipinski definition) is 4. The van der Waals surface area contributed by atoms with Crippen LogP contribution < -0.4 is 0 Å². The summed E-state index contributed by atoms with van der Waals surface area (Å²) in [6.45, 7) is 7.38. The van der Waals surface area contributed by atoms with Crippen molar-refractivity contribution < 1.29 is 14.3 Å². The number of carbonyl (C=O) groups is 2. The third-order valence-electron chi connectivity index (χ3n) is 1.66. The standard InChI is InChI=1S/C11H18O3S/c1-4-5-6-10(12)15-8-7-14-11(13)9(2)3/h2,4-8H2,1,3H3. The van der Waals surface area contributed by atoms with Crippen LogP contribution in [-0.2, 0) is 14.3 Å². The lowest BCUT2D eigenvalue weighted by Crippen LogP contribution is -2.08. The van der Waals surface area contributed by atoms with Crippen molar-refractivity contribution in [1.29, 1.82) is 0 Å². The van der Waals surface area contributed by atoms with Gasteiger partial charge in [-0.05, 0) is 13.3 Å². The lowest BCUT2D eigenvalue weighted by atomic mass is 10.3. The Kier molecular flexibility index (Phi) is 8.09. The second kappa shape index (κ2) is 8.53. The molecular weight excluding hydrogens is 212 g/mol. The molecule has 0 rings (SSSR count). The predicted molar refractivity (Wildman–Crippen MR) is 62.8 cm³/mol. The predicted octanol–water partition coefficient (Wildman–Crippen LogP) is 2.56. The zero-order valence-electron chi connectivity index (χ0n) is 9.38. The van der Waals surface area contributed by atoms with Crippen molar-refractivity contribution in [2.24, 2.45) is 0 Å². The Morgan fingerprint density at radius 3 is 2.60 bits per heavy atom. The number of carbonyl (C=O) groups excluding carboxylic acids is 2. The van der Waals surface area contributed by atoms with E-state index in [1.807, 2.05) is 6.92 Å². The van der Waals surface area contributed by atoms with E-state index < -0.39 is 5.97 Å². The molecule has 0 saturated carbocycles. The van der Waals surface area contributed by atoms with Gasteiger partial charge in [0.25, 0.3) is 0 Å². The molecule has 0 aromatic heterocycles. The SMILES string of the molecule is C=C(C)C(=O)OCCSC(=O)CCCC. The molecule has 0 aliphatic carbocycles. The molecular formula is C11H18O3S. The fraction of sp³-hybridized carbons (Fsp3) is 0.636. The van der Waals surface area contributed by atoms with Crippen molar-refractivity contribution in [1.82, 2.24) is 0 Å². The van der Waals surface area contributed by atoms with Crippen LogP contribution in [-0.4, -0.2) is 23.4 Å². The van der Waals surface area contributed by atoms with Crippen LogP contribution in [0.1, 0.15) is 33.1 Å². The molecule has 15 heavy (non-hydrogen) atoms. The molecule has 0 bridgehead atoms. The Bertz CT molecular complexity index is 236. The Balaban J connectivity index is 3.42. The molecule has 3 nitrogen and oxygen atoms in total. The molecule has 0 N–H and O–H groups in total. The van der Waals surface area contributed by atoms with Crippen molar-refractivity contribution in [3.63, 3.8) is 0 Å². The number of thioether (sulfide) groups is 1. The molecule has 0 amide bonds. The highest BCUT2D eigenvalue weighted by Crippen LogP contribution is 2.08. The lowest BCUT2D eigenvalue weighted by molar-refractivity contribution is -0.138. The van der Waals surface area contributed by atoms with Gasteiger partial charge in [0.15, 0.2) is 5.12 Å². The van der Waals surface area contributed by atoms with Crippen LogP contribution in [0.2, 0.25) is 0 Å². The van der Waals surface area contributed by atoms with Crippen LogP contribution in [0.4, 0.5) is 0 Å². The molecule has 0 heterocycles. The number of unbranched alkanes of at least 4 members (excludes halogenated alkanes) is 1. The van der Waals surface area contributed by atoms with Crippen molar-refractivity contribution in [2.75, 3.05) is 12.4 Å². The summed E-state index contributed by atoms with van der Waals surface area (Å²) >= 11 is 1.22. The molecule has 0 aliphatic heterocycles. The van der Waals surface area contributed by atoms with Gasteiger partial charge in [-0.1, -0.05) is 31.7 Å². The quantitative estimate of drug-likeness (QED) is 0.383. The van der Waals surface area contributed by atoms with Gasteiger partial charge >= 0.3 is 5.97 Å². The zero-order chi connectivity index (χ0) is 11.7. The molecule has 4 heteroatoms. The summed E-state index contributed by atoms with van der Waals surface area (Å²) in [4.78, 5) is 22.1. The van der Waals surface area contributed by atoms with E-state index in [1.54, 1.807) is 6.92 Å². The van der Waals surface area contributed by atoms with Crippen molar-refractivity contribution in [3.8, 4) is 0 Å². The van der Waals surface area contributed by atoms with Crippen molar-refractivity contribution in [3.05, 3.63) is 12.2 Å². The Morgan fingerprint density at radius 1 is 1.40 bits per heavy atom.